The molecule has 2 aliphatic rings. The van der Waals surface area contributed by atoms with Crippen LogP contribution in [0.3, 0.4) is 0 Å². The highest BCUT2D eigenvalue weighted by Crippen LogP contribution is 2.46. The fraction of sp³-hybridized carbons (Fsp3) is 0.500. The van der Waals surface area contributed by atoms with Gasteiger partial charge in [0.05, 0.1) is 6.61 Å². The normalized spacial score (nSPS) is 18.6. The zero-order valence-corrected chi connectivity index (χ0v) is 15.2. The number of rotatable bonds is 4. The lowest BCUT2D eigenvalue weighted by atomic mass is 9.74. The highest BCUT2D eigenvalue weighted by molar-refractivity contribution is 7.03. The van der Waals surface area contributed by atoms with Crippen LogP contribution in [0.2, 0.25) is 0 Å². The average Bonchev–Trinajstić information content (AvgIpc) is 3.28. The summed E-state index contributed by atoms with van der Waals surface area (Å²) < 4.78 is 9.08. The minimum atomic E-state index is 0.00567. The van der Waals surface area contributed by atoms with Gasteiger partial charge in [0.15, 0.2) is 5.69 Å². The van der Waals surface area contributed by atoms with Gasteiger partial charge in [-0.1, -0.05) is 22.7 Å². The fourth-order valence-corrected chi connectivity index (χ4v) is 4.55. The highest BCUT2D eigenvalue weighted by atomic mass is 32.1. The molecule has 1 aromatic carbocycles. The first-order valence-electron chi connectivity index (χ1n) is 8.63. The van der Waals surface area contributed by atoms with Gasteiger partial charge in [0.25, 0.3) is 5.91 Å². The molecule has 0 atom stereocenters. The fourth-order valence-electron chi connectivity index (χ4n) is 4.12. The van der Waals surface area contributed by atoms with Crippen molar-refractivity contribution >= 4 is 23.1 Å². The predicted molar refractivity (Wildman–Crippen MR) is 97.3 cm³/mol. The molecule has 0 unspecified atom stereocenters. The van der Waals surface area contributed by atoms with Crippen molar-refractivity contribution in [3.05, 3.63) is 40.9 Å². The Kier molecular flexibility index (Phi) is 4.43. The molecule has 3 heterocycles. The average molecular weight is 358 g/mol. The molecule has 6 nitrogen and oxygen atoms in total. The van der Waals surface area contributed by atoms with E-state index in [0.29, 0.717) is 5.69 Å². The van der Waals surface area contributed by atoms with Crippen LogP contribution in [0.15, 0.2) is 29.6 Å². The molecule has 2 aliphatic heterocycles. The van der Waals surface area contributed by atoms with Gasteiger partial charge in [-0.05, 0) is 36.0 Å². The Labute approximate surface area is 151 Å². The van der Waals surface area contributed by atoms with Crippen molar-refractivity contribution in [3.8, 4) is 0 Å². The first-order valence-corrected chi connectivity index (χ1v) is 9.47. The van der Waals surface area contributed by atoms with Crippen LogP contribution < -0.4 is 4.90 Å². The smallest absolute Gasteiger partial charge is 0.275 e. The van der Waals surface area contributed by atoms with Crippen LogP contribution in [0, 0.1) is 0 Å². The van der Waals surface area contributed by atoms with Crippen molar-refractivity contribution < 1.29 is 9.53 Å². The maximum atomic E-state index is 12.5. The molecule has 1 fully saturated rings. The first kappa shape index (κ1) is 16.5. The van der Waals surface area contributed by atoms with Crippen LogP contribution in [0.5, 0.6) is 0 Å². The summed E-state index contributed by atoms with van der Waals surface area (Å²) in [5.41, 5.74) is 3.35. The molecule has 1 amide bonds. The van der Waals surface area contributed by atoms with Crippen LogP contribution in [0.4, 0.5) is 5.69 Å². The van der Waals surface area contributed by atoms with Gasteiger partial charge < -0.3 is 14.5 Å². The Morgan fingerprint density at radius 2 is 2.12 bits per heavy atom. The number of ether oxygens (including phenoxy) is 1. The Morgan fingerprint density at radius 1 is 1.32 bits per heavy atom. The number of hydrogen-bond donors (Lipinski definition) is 0. The summed E-state index contributed by atoms with van der Waals surface area (Å²) in [7, 11) is 1.75. The number of hydrogen-bond acceptors (Lipinski definition) is 6. The van der Waals surface area contributed by atoms with Gasteiger partial charge >= 0.3 is 0 Å². The number of amides is 1. The number of carbonyl (C=O) groups excluding carboxylic acids is 1. The molecule has 132 valence electrons. The third kappa shape index (κ3) is 2.91. The van der Waals surface area contributed by atoms with Crippen molar-refractivity contribution in [2.75, 3.05) is 44.8 Å². The lowest BCUT2D eigenvalue weighted by Crippen LogP contribution is -2.47. The summed E-state index contributed by atoms with van der Waals surface area (Å²) in [6, 6.07) is 8.69. The minimum Gasteiger partial charge on any atom is -0.383 e. The van der Waals surface area contributed by atoms with Gasteiger partial charge in [-0.25, -0.2) is 0 Å². The SMILES string of the molecule is COCCN1CC2(CCN(C(=O)c3csnn3)CC2)c2ccccc21. The van der Waals surface area contributed by atoms with E-state index in [-0.39, 0.29) is 11.3 Å². The molecular weight excluding hydrogens is 336 g/mol. The Morgan fingerprint density at radius 3 is 2.84 bits per heavy atom. The third-order valence-corrected chi connectivity index (χ3v) is 5.97. The second-order valence-electron chi connectivity index (χ2n) is 6.79. The maximum absolute atomic E-state index is 12.5. The van der Waals surface area contributed by atoms with Crippen molar-refractivity contribution in [1.82, 2.24) is 14.5 Å². The number of nitrogens with zero attached hydrogens (tertiary/aromatic N) is 4. The molecule has 7 heteroatoms. The Bertz CT molecular complexity index is 741. The number of aromatic nitrogens is 2. The van der Waals surface area contributed by atoms with Gasteiger partial charge in [-0.2, -0.15) is 0 Å². The second-order valence-corrected chi connectivity index (χ2v) is 7.40. The lowest BCUT2D eigenvalue weighted by Gasteiger charge is -2.39. The molecule has 0 N–H and O–H groups in total. The van der Waals surface area contributed by atoms with Crippen LogP contribution in [-0.2, 0) is 10.2 Å². The molecule has 0 radical (unpaired) electrons. The van der Waals surface area contributed by atoms with Gasteiger partial charge in [-0.15, -0.1) is 5.10 Å². The number of anilines is 1. The van der Waals surface area contributed by atoms with Gasteiger partial charge in [0, 0.05) is 49.8 Å². The Balaban J connectivity index is 1.51. The molecule has 0 saturated carbocycles. The molecule has 1 spiro atoms. The summed E-state index contributed by atoms with van der Waals surface area (Å²) in [5, 5.41) is 5.64. The molecule has 2 aromatic rings. The van der Waals surface area contributed by atoms with E-state index in [1.165, 1.54) is 22.8 Å². The lowest BCUT2D eigenvalue weighted by molar-refractivity contribution is 0.0668. The standard InChI is InChI=1S/C18H22N4O2S/c1-24-11-10-22-13-18(14-4-2-3-5-16(14)22)6-8-21(9-7-18)17(23)15-12-25-20-19-15/h2-5,12H,6-11,13H2,1H3. The number of fused-ring (bicyclic) bond motifs is 2. The largest absolute Gasteiger partial charge is 0.383 e. The molecule has 0 bridgehead atoms. The first-order chi connectivity index (χ1) is 12.2. The van der Waals surface area contributed by atoms with Crippen LogP contribution in [0.25, 0.3) is 0 Å². The molecule has 1 aromatic heterocycles. The number of para-hydroxylation sites is 1. The number of methoxy groups -OCH3 is 1. The van der Waals surface area contributed by atoms with E-state index in [1.54, 1.807) is 12.5 Å². The van der Waals surface area contributed by atoms with Gasteiger partial charge in [0.1, 0.15) is 0 Å². The van der Waals surface area contributed by atoms with E-state index in [1.807, 2.05) is 4.90 Å². The van der Waals surface area contributed by atoms with E-state index in [4.69, 9.17) is 4.74 Å². The second kappa shape index (κ2) is 6.72. The zero-order valence-electron chi connectivity index (χ0n) is 14.4. The summed E-state index contributed by atoms with van der Waals surface area (Å²) in [4.78, 5) is 16.9. The zero-order chi connectivity index (χ0) is 17.3. The highest BCUT2D eigenvalue weighted by Gasteiger charge is 2.45. The van der Waals surface area contributed by atoms with Crippen molar-refractivity contribution in [1.29, 1.82) is 0 Å². The van der Waals surface area contributed by atoms with Crippen molar-refractivity contribution in [2.24, 2.45) is 0 Å². The Hall–Kier alpha value is -1.99. The monoisotopic (exact) mass is 358 g/mol. The molecule has 1 saturated heterocycles. The molecule has 25 heavy (non-hydrogen) atoms. The van der Waals surface area contributed by atoms with Crippen LogP contribution in [0.1, 0.15) is 28.9 Å². The summed E-state index contributed by atoms with van der Waals surface area (Å²) in [5.74, 6) is 0.00567. The number of likely N-dealkylation sites (tertiary alicyclic amines) is 1. The van der Waals surface area contributed by atoms with E-state index in [2.05, 4.69) is 38.8 Å². The van der Waals surface area contributed by atoms with E-state index >= 15 is 0 Å². The topological polar surface area (TPSA) is 58.6 Å². The number of carbonyl (C=O) groups is 1. The van der Waals surface area contributed by atoms with E-state index < -0.39 is 0 Å². The summed E-state index contributed by atoms with van der Waals surface area (Å²) >= 11 is 1.22. The number of benzene rings is 1. The maximum Gasteiger partial charge on any atom is 0.275 e. The van der Waals surface area contributed by atoms with Crippen LogP contribution in [-0.4, -0.2) is 60.3 Å². The molecule has 4 rings (SSSR count). The van der Waals surface area contributed by atoms with Gasteiger partial charge in [0.2, 0.25) is 0 Å². The van der Waals surface area contributed by atoms with Crippen molar-refractivity contribution in [3.63, 3.8) is 0 Å². The van der Waals surface area contributed by atoms with Crippen molar-refractivity contribution in [2.45, 2.75) is 18.3 Å². The quantitative estimate of drug-likeness (QED) is 0.838. The van der Waals surface area contributed by atoms with Gasteiger partial charge in [-0.3, -0.25) is 4.79 Å². The van der Waals surface area contributed by atoms with E-state index in [0.717, 1.165) is 45.6 Å². The third-order valence-electron chi connectivity index (χ3n) is 5.46. The summed E-state index contributed by atoms with van der Waals surface area (Å²) in [6.45, 7) is 4.18. The molecule has 0 aliphatic carbocycles. The summed E-state index contributed by atoms with van der Waals surface area (Å²) in [6.07, 6.45) is 1.97. The van der Waals surface area contributed by atoms with Crippen LogP contribution >= 0.6 is 11.5 Å². The number of piperidine rings is 1. The molecular formula is C18H22N4O2S. The van der Waals surface area contributed by atoms with E-state index in [9.17, 15) is 4.79 Å². The minimum absolute atomic E-state index is 0.00567. The predicted octanol–water partition coefficient (Wildman–Crippen LogP) is 2.18.